The van der Waals surface area contributed by atoms with Crippen LogP contribution in [0.15, 0.2) is 18.2 Å². The second kappa shape index (κ2) is 6.79. The third-order valence-corrected chi connectivity index (χ3v) is 3.79. The molecule has 0 saturated heterocycles. The molecule has 5 heteroatoms. The number of para-hydroxylation sites is 1. The highest BCUT2D eigenvalue weighted by Crippen LogP contribution is 2.23. The van der Waals surface area contributed by atoms with Crippen molar-refractivity contribution in [3.05, 3.63) is 29.8 Å². The molecule has 1 fully saturated rings. The Morgan fingerprint density at radius 3 is 2.40 bits per heavy atom. The molecule has 0 spiro atoms. The summed E-state index contributed by atoms with van der Waals surface area (Å²) in [5, 5.41) is 5.42. The Balaban J connectivity index is 1.81. The largest absolute Gasteiger partial charge is 0.320 e. The molecule has 1 amide bonds. The first kappa shape index (κ1) is 14.9. The molecule has 0 unspecified atom stereocenters. The summed E-state index contributed by atoms with van der Waals surface area (Å²) in [4.78, 5) is 11.7. The Bertz CT molecular complexity index is 451. The SMILES string of the molecule is CC1CCC(NCC(=O)Nc2c(F)cccc2F)CC1. The molecule has 0 bridgehead atoms. The van der Waals surface area contributed by atoms with Crippen molar-refractivity contribution in [1.29, 1.82) is 0 Å². The van der Waals surface area contributed by atoms with E-state index in [0.717, 1.165) is 43.7 Å². The molecule has 2 N–H and O–H groups in total. The summed E-state index contributed by atoms with van der Waals surface area (Å²) in [5.74, 6) is -1.20. The summed E-state index contributed by atoms with van der Waals surface area (Å²) in [6.45, 7) is 2.30. The molecule has 0 atom stereocenters. The zero-order chi connectivity index (χ0) is 14.5. The van der Waals surface area contributed by atoms with E-state index < -0.39 is 17.5 Å². The fourth-order valence-corrected chi connectivity index (χ4v) is 2.50. The highest BCUT2D eigenvalue weighted by molar-refractivity contribution is 5.92. The van der Waals surface area contributed by atoms with Gasteiger partial charge in [0.05, 0.1) is 6.54 Å². The van der Waals surface area contributed by atoms with Gasteiger partial charge in [-0.2, -0.15) is 0 Å². The number of anilines is 1. The predicted octanol–water partition coefficient (Wildman–Crippen LogP) is 3.07. The molecule has 1 aromatic rings. The van der Waals surface area contributed by atoms with E-state index in [1.54, 1.807) is 0 Å². The number of benzene rings is 1. The molecule has 0 heterocycles. The zero-order valence-electron chi connectivity index (χ0n) is 11.6. The number of hydrogen-bond acceptors (Lipinski definition) is 2. The summed E-state index contributed by atoms with van der Waals surface area (Å²) in [7, 11) is 0. The number of halogens is 2. The van der Waals surface area contributed by atoms with E-state index in [2.05, 4.69) is 17.6 Å². The lowest BCUT2D eigenvalue weighted by molar-refractivity contribution is -0.115. The molecular weight excluding hydrogens is 262 g/mol. The van der Waals surface area contributed by atoms with E-state index in [1.807, 2.05) is 0 Å². The van der Waals surface area contributed by atoms with Gasteiger partial charge in [-0.25, -0.2) is 8.78 Å². The molecular formula is C15H20F2N2O. The molecule has 1 aliphatic rings. The van der Waals surface area contributed by atoms with Gasteiger partial charge in [-0.15, -0.1) is 0 Å². The van der Waals surface area contributed by atoms with Crippen LogP contribution < -0.4 is 10.6 Å². The van der Waals surface area contributed by atoms with Crippen LogP contribution in [0.25, 0.3) is 0 Å². The van der Waals surface area contributed by atoms with Crippen molar-refractivity contribution in [1.82, 2.24) is 5.32 Å². The van der Waals surface area contributed by atoms with Gasteiger partial charge in [0.2, 0.25) is 5.91 Å². The Labute approximate surface area is 117 Å². The second-order valence-corrected chi connectivity index (χ2v) is 5.48. The van der Waals surface area contributed by atoms with Crippen LogP contribution in [-0.2, 0) is 4.79 Å². The minimum Gasteiger partial charge on any atom is -0.320 e. The smallest absolute Gasteiger partial charge is 0.238 e. The third-order valence-electron chi connectivity index (χ3n) is 3.79. The van der Waals surface area contributed by atoms with Crippen LogP contribution in [0.4, 0.5) is 14.5 Å². The number of carbonyl (C=O) groups excluding carboxylic acids is 1. The van der Waals surface area contributed by atoms with E-state index in [4.69, 9.17) is 0 Å². The molecule has 0 aromatic heterocycles. The first-order valence-corrected chi connectivity index (χ1v) is 7.03. The normalized spacial score (nSPS) is 22.6. The third kappa shape index (κ3) is 4.00. The van der Waals surface area contributed by atoms with E-state index in [1.165, 1.54) is 6.07 Å². The average molecular weight is 282 g/mol. The number of hydrogen-bond donors (Lipinski definition) is 2. The van der Waals surface area contributed by atoms with Gasteiger partial charge in [0.25, 0.3) is 0 Å². The van der Waals surface area contributed by atoms with Gasteiger partial charge in [-0.1, -0.05) is 13.0 Å². The summed E-state index contributed by atoms with van der Waals surface area (Å²) in [6, 6.07) is 3.83. The van der Waals surface area contributed by atoms with Gasteiger partial charge in [0.15, 0.2) is 0 Å². The Hall–Kier alpha value is -1.49. The van der Waals surface area contributed by atoms with Crippen LogP contribution >= 0.6 is 0 Å². The Morgan fingerprint density at radius 1 is 1.20 bits per heavy atom. The van der Waals surface area contributed by atoms with Crippen LogP contribution in [0.2, 0.25) is 0 Å². The Morgan fingerprint density at radius 2 is 1.80 bits per heavy atom. The van der Waals surface area contributed by atoms with Gasteiger partial charge in [-0.3, -0.25) is 4.79 Å². The highest BCUT2D eigenvalue weighted by atomic mass is 19.1. The second-order valence-electron chi connectivity index (χ2n) is 5.48. The summed E-state index contributed by atoms with van der Waals surface area (Å²) in [6.07, 6.45) is 4.40. The highest BCUT2D eigenvalue weighted by Gasteiger charge is 2.19. The van der Waals surface area contributed by atoms with Crippen LogP contribution in [0, 0.1) is 17.6 Å². The molecule has 1 saturated carbocycles. The van der Waals surface area contributed by atoms with Gasteiger partial charge in [0, 0.05) is 6.04 Å². The van der Waals surface area contributed by atoms with Crippen LogP contribution in [-0.4, -0.2) is 18.5 Å². The van der Waals surface area contributed by atoms with Gasteiger partial charge < -0.3 is 10.6 Å². The number of rotatable bonds is 4. The van der Waals surface area contributed by atoms with Crippen molar-refractivity contribution in [2.45, 2.75) is 38.6 Å². The lowest BCUT2D eigenvalue weighted by Gasteiger charge is -2.26. The number of carbonyl (C=O) groups is 1. The minimum absolute atomic E-state index is 0.0762. The van der Waals surface area contributed by atoms with Crippen LogP contribution in [0.3, 0.4) is 0 Å². The molecule has 1 aromatic carbocycles. The first-order valence-electron chi connectivity index (χ1n) is 7.03. The Kier molecular flexibility index (Phi) is 5.06. The molecule has 3 nitrogen and oxygen atoms in total. The minimum atomic E-state index is -0.759. The molecule has 0 aliphatic heterocycles. The lowest BCUT2D eigenvalue weighted by Crippen LogP contribution is -2.38. The van der Waals surface area contributed by atoms with Crippen molar-refractivity contribution in [2.24, 2.45) is 5.92 Å². The fourth-order valence-electron chi connectivity index (χ4n) is 2.50. The summed E-state index contributed by atoms with van der Waals surface area (Å²) in [5.41, 5.74) is -0.378. The van der Waals surface area contributed by atoms with Gasteiger partial charge >= 0.3 is 0 Å². The topological polar surface area (TPSA) is 41.1 Å². The van der Waals surface area contributed by atoms with Crippen molar-refractivity contribution in [3.63, 3.8) is 0 Å². The molecule has 2 rings (SSSR count). The summed E-state index contributed by atoms with van der Waals surface area (Å²) < 4.78 is 26.7. The van der Waals surface area contributed by atoms with Gasteiger partial charge in [-0.05, 0) is 43.7 Å². The standard InChI is InChI=1S/C15H20F2N2O/c1-10-5-7-11(8-6-10)18-9-14(20)19-15-12(16)3-2-4-13(15)17/h2-4,10-11,18H,5-9H2,1H3,(H,19,20). The first-order chi connectivity index (χ1) is 9.56. The van der Waals surface area contributed by atoms with Gasteiger partial charge in [0.1, 0.15) is 17.3 Å². The maximum absolute atomic E-state index is 13.4. The number of amides is 1. The molecule has 20 heavy (non-hydrogen) atoms. The molecule has 1 aliphatic carbocycles. The quantitative estimate of drug-likeness (QED) is 0.891. The number of nitrogens with one attached hydrogen (secondary N) is 2. The maximum atomic E-state index is 13.4. The van der Waals surface area contributed by atoms with Crippen molar-refractivity contribution >= 4 is 11.6 Å². The molecule has 0 radical (unpaired) electrons. The molecule has 110 valence electrons. The van der Waals surface area contributed by atoms with Crippen molar-refractivity contribution < 1.29 is 13.6 Å². The van der Waals surface area contributed by atoms with Crippen LogP contribution in [0.5, 0.6) is 0 Å². The van der Waals surface area contributed by atoms with E-state index in [-0.39, 0.29) is 12.2 Å². The van der Waals surface area contributed by atoms with E-state index in [0.29, 0.717) is 6.04 Å². The average Bonchev–Trinajstić information content (AvgIpc) is 2.42. The fraction of sp³-hybridized carbons (Fsp3) is 0.533. The van der Waals surface area contributed by atoms with Crippen molar-refractivity contribution in [3.8, 4) is 0 Å². The zero-order valence-corrected chi connectivity index (χ0v) is 11.6. The lowest BCUT2D eigenvalue weighted by atomic mass is 9.87. The van der Waals surface area contributed by atoms with E-state index in [9.17, 15) is 13.6 Å². The van der Waals surface area contributed by atoms with E-state index >= 15 is 0 Å². The predicted molar refractivity (Wildman–Crippen MR) is 74.4 cm³/mol. The monoisotopic (exact) mass is 282 g/mol. The summed E-state index contributed by atoms with van der Waals surface area (Å²) >= 11 is 0. The van der Waals surface area contributed by atoms with Crippen molar-refractivity contribution in [2.75, 3.05) is 11.9 Å². The maximum Gasteiger partial charge on any atom is 0.238 e. The van der Waals surface area contributed by atoms with Crippen LogP contribution in [0.1, 0.15) is 32.6 Å².